The Morgan fingerprint density at radius 3 is 2.16 bits per heavy atom. The van der Waals surface area contributed by atoms with Crippen LogP contribution in [0.1, 0.15) is 22.3 Å². The second-order valence-electron chi connectivity index (χ2n) is 7.60. The minimum absolute atomic E-state index is 0.299. The van der Waals surface area contributed by atoms with Gasteiger partial charge in [0.25, 0.3) is 0 Å². The number of hydrogen-bond donors (Lipinski definition) is 1. The molecule has 3 nitrogen and oxygen atoms in total. The molecule has 1 N–H and O–H groups in total. The lowest BCUT2D eigenvalue weighted by molar-refractivity contribution is -0.906. The molecule has 0 saturated heterocycles. The average Bonchev–Trinajstić information content (AvgIpc) is 2.47. The highest BCUT2D eigenvalue weighted by atomic mass is 35.5. The van der Waals surface area contributed by atoms with Gasteiger partial charge < -0.3 is 14.3 Å². The summed E-state index contributed by atoms with van der Waals surface area (Å²) < 4.78 is 6.60. The van der Waals surface area contributed by atoms with Crippen molar-refractivity contribution in [3.63, 3.8) is 0 Å². The number of nitrogens with zero attached hydrogens (tertiary/aromatic N) is 1. The van der Waals surface area contributed by atoms with E-state index in [2.05, 4.69) is 33.2 Å². The van der Waals surface area contributed by atoms with E-state index < -0.39 is 6.10 Å². The molecule has 0 spiro atoms. The zero-order chi connectivity index (χ0) is 18.6. The van der Waals surface area contributed by atoms with Crippen LogP contribution in [0.15, 0.2) is 36.4 Å². The van der Waals surface area contributed by atoms with Gasteiger partial charge in [-0.3, -0.25) is 0 Å². The molecule has 0 aliphatic rings. The second kappa shape index (κ2) is 8.22. The van der Waals surface area contributed by atoms with Crippen LogP contribution in [0.25, 0.3) is 0 Å². The number of halogens is 1. The molecule has 0 heterocycles. The molecule has 2 aromatic carbocycles. The Balaban J connectivity index is 1.92. The predicted octanol–water partition coefficient (Wildman–Crippen LogP) is 4.28. The molecule has 0 aliphatic carbocycles. The van der Waals surface area contributed by atoms with Gasteiger partial charge >= 0.3 is 0 Å². The van der Waals surface area contributed by atoms with Crippen LogP contribution in [-0.4, -0.2) is 42.9 Å². The van der Waals surface area contributed by atoms with E-state index in [0.29, 0.717) is 17.6 Å². The van der Waals surface area contributed by atoms with Crippen molar-refractivity contribution in [2.24, 2.45) is 0 Å². The van der Waals surface area contributed by atoms with E-state index in [1.54, 1.807) is 0 Å². The molecular weight excluding hydrogens is 334 g/mol. The summed E-state index contributed by atoms with van der Waals surface area (Å²) >= 11 is 5.94. The van der Waals surface area contributed by atoms with E-state index >= 15 is 0 Å². The Labute approximate surface area is 156 Å². The summed E-state index contributed by atoms with van der Waals surface area (Å²) in [5.74, 6) is 0.882. The van der Waals surface area contributed by atoms with Gasteiger partial charge in [0.2, 0.25) is 0 Å². The van der Waals surface area contributed by atoms with E-state index in [4.69, 9.17) is 16.3 Å². The molecule has 1 atom stereocenters. The van der Waals surface area contributed by atoms with Crippen LogP contribution >= 0.6 is 11.6 Å². The summed E-state index contributed by atoms with van der Waals surface area (Å²) in [6, 6.07) is 12.1. The van der Waals surface area contributed by atoms with Gasteiger partial charge in [0.05, 0.1) is 14.1 Å². The maximum absolute atomic E-state index is 10.4. The first-order valence-electron chi connectivity index (χ1n) is 8.61. The zero-order valence-corrected chi connectivity index (χ0v) is 16.6. The molecule has 1 unspecified atom stereocenters. The number of aryl methyl sites for hydroxylation is 3. The number of rotatable bonds is 7. The molecule has 0 aromatic heterocycles. The molecule has 4 heteroatoms. The van der Waals surface area contributed by atoms with Gasteiger partial charge in [-0.15, -0.1) is 0 Å². The summed E-state index contributed by atoms with van der Waals surface area (Å²) in [5.41, 5.74) is 4.65. The van der Waals surface area contributed by atoms with E-state index in [9.17, 15) is 5.11 Å². The highest BCUT2D eigenvalue weighted by Crippen LogP contribution is 2.24. The van der Waals surface area contributed by atoms with Crippen LogP contribution in [0.3, 0.4) is 0 Å². The number of quaternary nitrogens is 1. The molecule has 0 saturated carbocycles. The second-order valence-corrected chi connectivity index (χ2v) is 8.03. The zero-order valence-electron chi connectivity index (χ0n) is 15.8. The van der Waals surface area contributed by atoms with Crippen molar-refractivity contribution in [2.75, 3.05) is 27.2 Å². The number of aliphatic hydroxyl groups excluding tert-OH is 1. The summed E-state index contributed by atoms with van der Waals surface area (Å²) in [5, 5.41) is 11.2. The number of hydrogen-bond acceptors (Lipinski definition) is 2. The van der Waals surface area contributed by atoms with Gasteiger partial charge in [0, 0.05) is 10.6 Å². The Bertz CT molecular complexity index is 687. The van der Waals surface area contributed by atoms with Gasteiger partial charge in [-0.2, -0.15) is 0 Å². The van der Waals surface area contributed by atoms with E-state index in [1.807, 2.05) is 38.1 Å². The third-order valence-corrected chi connectivity index (χ3v) is 4.51. The fourth-order valence-electron chi connectivity index (χ4n) is 3.35. The van der Waals surface area contributed by atoms with Crippen molar-refractivity contribution in [2.45, 2.75) is 33.4 Å². The largest absolute Gasteiger partial charge is 0.490 e. The quantitative estimate of drug-likeness (QED) is 0.745. The third kappa shape index (κ3) is 6.03. The van der Waals surface area contributed by atoms with Crippen LogP contribution < -0.4 is 4.74 Å². The van der Waals surface area contributed by atoms with Gasteiger partial charge in [0.1, 0.15) is 31.5 Å². The Kier molecular flexibility index (Phi) is 6.50. The number of aliphatic hydroxyl groups is 1. The summed E-state index contributed by atoms with van der Waals surface area (Å²) in [4.78, 5) is 0. The standard InChI is InChI=1S/C21H29ClNO2/c1-15-10-16(2)21(17(3)11-15)25-14-20(24)13-23(4,5)12-18-6-8-19(22)9-7-18/h6-11,20,24H,12-14H2,1-5H3/q+1. The minimum atomic E-state index is -0.526. The molecule has 0 amide bonds. The fraction of sp³-hybridized carbons (Fsp3) is 0.429. The van der Waals surface area contributed by atoms with Crippen LogP contribution in [0.4, 0.5) is 0 Å². The Morgan fingerprint density at radius 2 is 1.60 bits per heavy atom. The molecular formula is C21H29ClNO2+. The van der Waals surface area contributed by atoms with Crippen molar-refractivity contribution in [3.05, 3.63) is 63.7 Å². The molecule has 0 radical (unpaired) electrons. The summed E-state index contributed by atoms with van der Waals surface area (Å²) in [7, 11) is 4.22. The smallest absolute Gasteiger partial charge is 0.137 e. The highest BCUT2D eigenvalue weighted by molar-refractivity contribution is 6.30. The van der Waals surface area contributed by atoms with E-state index in [0.717, 1.165) is 28.4 Å². The molecule has 0 bridgehead atoms. The molecule has 2 aromatic rings. The van der Waals surface area contributed by atoms with Crippen molar-refractivity contribution in [1.82, 2.24) is 0 Å². The van der Waals surface area contributed by atoms with Crippen LogP contribution in [0, 0.1) is 20.8 Å². The maximum atomic E-state index is 10.4. The lowest BCUT2D eigenvalue weighted by atomic mass is 10.1. The first kappa shape index (κ1) is 19.8. The number of likely N-dealkylation sites (N-methyl/N-ethyl adjacent to an activating group) is 1. The monoisotopic (exact) mass is 362 g/mol. The average molecular weight is 363 g/mol. The number of benzene rings is 2. The Morgan fingerprint density at radius 1 is 1.04 bits per heavy atom. The minimum Gasteiger partial charge on any atom is -0.490 e. The van der Waals surface area contributed by atoms with Crippen molar-refractivity contribution in [1.29, 1.82) is 0 Å². The Hall–Kier alpha value is -1.55. The SMILES string of the molecule is Cc1cc(C)c(OCC(O)C[N+](C)(C)Cc2ccc(Cl)cc2)c(C)c1. The molecule has 0 aliphatic heterocycles. The van der Waals surface area contributed by atoms with Gasteiger partial charge in [0.15, 0.2) is 0 Å². The van der Waals surface area contributed by atoms with Crippen LogP contribution in [0.2, 0.25) is 5.02 Å². The predicted molar refractivity (Wildman–Crippen MR) is 104 cm³/mol. The summed E-state index contributed by atoms with van der Waals surface area (Å²) in [6.45, 7) is 7.91. The molecule has 2 rings (SSSR count). The normalized spacial score (nSPS) is 12.9. The van der Waals surface area contributed by atoms with Crippen molar-refractivity contribution >= 4 is 11.6 Å². The van der Waals surface area contributed by atoms with Gasteiger partial charge in [-0.25, -0.2) is 0 Å². The van der Waals surface area contributed by atoms with Gasteiger partial charge in [-0.05, 0) is 44.0 Å². The van der Waals surface area contributed by atoms with Crippen LogP contribution in [-0.2, 0) is 6.54 Å². The third-order valence-electron chi connectivity index (χ3n) is 4.25. The maximum Gasteiger partial charge on any atom is 0.137 e. The summed E-state index contributed by atoms with van der Waals surface area (Å²) in [6.07, 6.45) is -0.526. The lowest BCUT2D eigenvalue weighted by Crippen LogP contribution is -2.46. The molecule has 25 heavy (non-hydrogen) atoms. The lowest BCUT2D eigenvalue weighted by Gasteiger charge is -2.32. The van der Waals surface area contributed by atoms with E-state index in [1.165, 1.54) is 11.1 Å². The molecule has 0 fully saturated rings. The van der Waals surface area contributed by atoms with Crippen molar-refractivity contribution < 1.29 is 14.3 Å². The number of ether oxygens (including phenoxy) is 1. The van der Waals surface area contributed by atoms with Crippen molar-refractivity contribution in [3.8, 4) is 5.75 Å². The topological polar surface area (TPSA) is 29.5 Å². The first-order valence-corrected chi connectivity index (χ1v) is 8.99. The first-order chi connectivity index (χ1) is 11.7. The molecule has 136 valence electrons. The van der Waals surface area contributed by atoms with E-state index in [-0.39, 0.29) is 0 Å². The van der Waals surface area contributed by atoms with Crippen LogP contribution in [0.5, 0.6) is 5.75 Å². The fourth-order valence-corrected chi connectivity index (χ4v) is 3.47. The van der Waals surface area contributed by atoms with Gasteiger partial charge in [-0.1, -0.05) is 41.4 Å². The highest BCUT2D eigenvalue weighted by Gasteiger charge is 2.22.